The summed E-state index contributed by atoms with van der Waals surface area (Å²) in [6.07, 6.45) is -2.67. The highest BCUT2D eigenvalue weighted by Gasteiger charge is 2.27. The van der Waals surface area contributed by atoms with Crippen molar-refractivity contribution in [1.82, 2.24) is 15.2 Å². The van der Waals surface area contributed by atoms with E-state index in [0.717, 1.165) is 48.7 Å². The van der Waals surface area contributed by atoms with Crippen LogP contribution in [0.1, 0.15) is 34.7 Å². The summed E-state index contributed by atoms with van der Waals surface area (Å²) in [5, 5.41) is 6.13. The van der Waals surface area contributed by atoms with Crippen molar-refractivity contribution in [3.63, 3.8) is 0 Å². The summed E-state index contributed by atoms with van der Waals surface area (Å²) < 4.78 is 41.0. The molecule has 2 aromatic rings. The van der Waals surface area contributed by atoms with Crippen LogP contribution in [-0.2, 0) is 29.2 Å². The molecule has 2 heterocycles. The number of nitrogens with zero attached hydrogens (tertiary/aromatic N) is 2. The minimum atomic E-state index is -4.32. The van der Waals surface area contributed by atoms with Gasteiger partial charge in [0.25, 0.3) is 0 Å². The van der Waals surface area contributed by atoms with E-state index in [1.54, 1.807) is 35.6 Å². The Hall–Kier alpha value is -1.97. The average molecular weight is 442 g/mol. The van der Waals surface area contributed by atoms with Crippen LogP contribution in [0.25, 0.3) is 0 Å². The van der Waals surface area contributed by atoms with E-state index >= 15 is 0 Å². The van der Waals surface area contributed by atoms with Gasteiger partial charge in [-0.3, -0.25) is 9.69 Å². The van der Waals surface area contributed by atoms with Gasteiger partial charge in [-0.15, -0.1) is 11.3 Å². The van der Waals surface area contributed by atoms with E-state index in [9.17, 15) is 18.0 Å². The molecule has 9 heteroatoms. The molecule has 5 nitrogen and oxygen atoms in total. The predicted molar refractivity (Wildman–Crippen MR) is 109 cm³/mol. The topological polar surface area (TPSA) is 54.5 Å². The van der Waals surface area contributed by atoms with E-state index in [1.807, 2.05) is 6.92 Å². The Labute approximate surface area is 178 Å². The lowest BCUT2D eigenvalue weighted by Gasteiger charge is -2.30. The molecule has 1 aliphatic heterocycles. The molecule has 1 saturated heterocycles. The lowest BCUT2D eigenvalue weighted by Crippen LogP contribution is -2.40. The Morgan fingerprint density at radius 1 is 1.23 bits per heavy atom. The van der Waals surface area contributed by atoms with Crippen LogP contribution >= 0.6 is 11.3 Å². The molecule has 3 rings (SSSR count). The first-order valence-corrected chi connectivity index (χ1v) is 10.8. The summed E-state index contributed by atoms with van der Waals surface area (Å²) in [7, 11) is 0. The standard InChI is InChI=1S/C21H26F3N3O2S/c1-15-26-19(13-30-15)11-27-8-6-18(7-9-27)20(28)25-10-16-2-4-17(5-3-16)12-29-14-21(22,23)24/h2-5,13,18H,6-12,14H2,1H3,(H,25,28). The number of alkyl halides is 3. The number of aryl methyl sites for hydroxylation is 1. The van der Waals surface area contributed by atoms with Crippen LogP contribution < -0.4 is 5.32 Å². The normalized spacial score (nSPS) is 16.0. The summed E-state index contributed by atoms with van der Waals surface area (Å²) in [6, 6.07) is 7.03. The Morgan fingerprint density at radius 3 is 2.50 bits per heavy atom. The van der Waals surface area contributed by atoms with Crippen LogP contribution in [0.15, 0.2) is 29.6 Å². The molecule has 1 fully saturated rings. The third kappa shape index (κ3) is 7.37. The first-order valence-electron chi connectivity index (χ1n) is 9.92. The summed E-state index contributed by atoms with van der Waals surface area (Å²) in [6.45, 7) is 3.64. The van der Waals surface area contributed by atoms with Gasteiger partial charge in [0, 0.05) is 24.4 Å². The van der Waals surface area contributed by atoms with Gasteiger partial charge < -0.3 is 10.1 Å². The molecule has 0 spiro atoms. The second kappa shape index (κ2) is 10.4. The van der Waals surface area contributed by atoms with Crippen molar-refractivity contribution in [2.75, 3.05) is 19.7 Å². The highest BCUT2D eigenvalue weighted by Crippen LogP contribution is 2.20. The van der Waals surface area contributed by atoms with Crippen molar-refractivity contribution in [3.8, 4) is 0 Å². The maximum Gasteiger partial charge on any atom is 0.411 e. The predicted octanol–water partition coefficient (Wildman–Crippen LogP) is 4.06. The largest absolute Gasteiger partial charge is 0.411 e. The molecule has 1 amide bonds. The van der Waals surface area contributed by atoms with Gasteiger partial charge in [-0.05, 0) is 44.0 Å². The minimum Gasteiger partial charge on any atom is -0.367 e. The number of rotatable bonds is 8. The number of halogens is 3. The minimum absolute atomic E-state index is 0.00784. The third-order valence-electron chi connectivity index (χ3n) is 5.03. The first-order chi connectivity index (χ1) is 14.3. The van der Waals surface area contributed by atoms with Crippen molar-refractivity contribution >= 4 is 17.2 Å². The van der Waals surface area contributed by atoms with Crippen molar-refractivity contribution in [2.24, 2.45) is 5.92 Å². The number of piperidine rings is 1. The average Bonchev–Trinajstić information content (AvgIpc) is 3.11. The molecule has 0 atom stereocenters. The Morgan fingerprint density at radius 2 is 1.90 bits per heavy atom. The van der Waals surface area contributed by atoms with Crippen LogP contribution in [0.2, 0.25) is 0 Å². The van der Waals surface area contributed by atoms with Crippen LogP contribution in [-0.4, -0.2) is 41.7 Å². The van der Waals surface area contributed by atoms with Crippen LogP contribution in [0.3, 0.4) is 0 Å². The van der Waals surface area contributed by atoms with Gasteiger partial charge in [-0.2, -0.15) is 13.2 Å². The molecule has 1 N–H and O–H groups in total. The van der Waals surface area contributed by atoms with Gasteiger partial charge in [0.05, 0.1) is 17.3 Å². The zero-order chi connectivity index (χ0) is 21.6. The van der Waals surface area contributed by atoms with E-state index in [0.29, 0.717) is 12.1 Å². The maximum absolute atomic E-state index is 12.5. The second-order valence-corrected chi connectivity index (χ2v) is 8.61. The molecule has 0 saturated carbocycles. The molecule has 0 aliphatic carbocycles. The van der Waals surface area contributed by atoms with E-state index in [2.05, 4.69) is 25.3 Å². The van der Waals surface area contributed by atoms with Gasteiger partial charge >= 0.3 is 6.18 Å². The van der Waals surface area contributed by atoms with E-state index in [-0.39, 0.29) is 18.4 Å². The van der Waals surface area contributed by atoms with Gasteiger partial charge in [-0.25, -0.2) is 4.98 Å². The number of benzene rings is 1. The van der Waals surface area contributed by atoms with Gasteiger partial charge in [-0.1, -0.05) is 24.3 Å². The summed E-state index contributed by atoms with van der Waals surface area (Å²) in [5.74, 6) is 0.0604. The molecule has 30 heavy (non-hydrogen) atoms. The number of ether oxygens (including phenoxy) is 1. The molecular formula is C21H26F3N3O2S. The number of likely N-dealkylation sites (tertiary alicyclic amines) is 1. The second-order valence-electron chi connectivity index (χ2n) is 7.55. The fraction of sp³-hybridized carbons (Fsp3) is 0.524. The lowest BCUT2D eigenvalue weighted by molar-refractivity contribution is -0.176. The molecule has 0 radical (unpaired) electrons. The van der Waals surface area contributed by atoms with Crippen molar-refractivity contribution in [2.45, 2.75) is 45.6 Å². The van der Waals surface area contributed by atoms with E-state index in [4.69, 9.17) is 0 Å². The molecular weight excluding hydrogens is 415 g/mol. The van der Waals surface area contributed by atoms with Gasteiger partial charge in [0.15, 0.2) is 0 Å². The number of carbonyl (C=O) groups is 1. The molecule has 1 aromatic carbocycles. The van der Waals surface area contributed by atoms with Crippen molar-refractivity contribution < 1.29 is 22.7 Å². The van der Waals surface area contributed by atoms with Crippen LogP contribution in [0.4, 0.5) is 13.2 Å². The number of thiazole rings is 1. The van der Waals surface area contributed by atoms with Crippen LogP contribution in [0.5, 0.6) is 0 Å². The number of nitrogens with one attached hydrogen (secondary N) is 1. The van der Waals surface area contributed by atoms with Crippen molar-refractivity contribution in [1.29, 1.82) is 0 Å². The van der Waals surface area contributed by atoms with Crippen molar-refractivity contribution in [3.05, 3.63) is 51.5 Å². The SMILES string of the molecule is Cc1nc(CN2CCC(C(=O)NCc3ccc(COCC(F)(F)F)cc3)CC2)cs1. The molecule has 0 bridgehead atoms. The number of hydrogen-bond donors (Lipinski definition) is 1. The molecule has 1 aromatic heterocycles. The molecule has 0 unspecified atom stereocenters. The zero-order valence-corrected chi connectivity index (χ0v) is 17.7. The fourth-order valence-corrected chi connectivity index (χ4v) is 4.04. The highest BCUT2D eigenvalue weighted by molar-refractivity contribution is 7.09. The number of carbonyl (C=O) groups excluding carboxylic acids is 1. The maximum atomic E-state index is 12.5. The highest BCUT2D eigenvalue weighted by atomic mass is 32.1. The lowest BCUT2D eigenvalue weighted by atomic mass is 9.95. The Kier molecular flexibility index (Phi) is 7.85. The first kappa shape index (κ1) is 22.7. The summed E-state index contributed by atoms with van der Waals surface area (Å²) in [4.78, 5) is 19.3. The fourth-order valence-electron chi connectivity index (χ4n) is 3.43. The van der Waals surface area contributed by atoms with Gasteiger partial charge in [0.2, 0.25) is 5.91 Å². The number of hydrogen-bond acceptors (Lipinski definition) is 5. The Balaban J connectivity index is 1.36. The van der Waals surface area contributed by atoms with Gasteiger partial charge in [0.1, 0.15) is 6.61 Å². The quantitative estimate of drug-likeness (QED) is 0.671. The Bertz CT molecular complexity index is 816. The molecule has 164 valence electrons. The third-order valence-corrected chi connectivity index (χ3v) is 5.86. The zero-order valence-electron chi connectivity index (χ0n) is 16.9. The smallest absolute Gasteiger partial charge is 0.367 e. The van der Waals surface area contributed by atoms with Crippen LogP contribution in [0, 0.1) is 12.8 Å². The molecule has 1 aliphatic rings. The number of amides is 1. The van der Waals surface area contributed by atoms with E-state index in [1.165, 1.54) is 0 Å². The monoisotopic (exact) mass is 441 g/mol. The number of aromatic nitrogens is 1. The van der Waals surface area contributed by atoms with E-state index < -0.39 is 12.8 Å². The summed E-state index contributed by atoms with van der Waals surface area (Å²) >= 11 is 1.65. The summed E-state index contributed by atoms with van der Waals surface area (Å²) in [5.41, 5.74) is 2.66.